The minimum atomic E-state index is 0.0119. The molecule has 1 aromatic heterocycles. The van der Waals surface area contributed by atoms with Crippen LogP contribution in [0.4, 0.5) is 5.69 Å². The molecule has 160 valence electrons. The van der Waals surface area contributed by atoms with E-state index in [0.29, 0.717) is 17.5 Å². The lowest BCUT2D eigenvalue weighted by atomic mass is 9.79. The van der Waals surface area contributed by atoms with E-state index in [1.807, 2.05) is 24.3 Å². The molecular weight excluding hydrogens is 398 g/mol. The van der Waals surface area contributed by atoms with Gasteiger partial charge in [-0.25, -0.2) is 0 Å². The molecule has 0 spiro atoms. The third kappa shape index (κ3) is 4.06. The molecule has 7 heteroatoms. The summed E-state index contributed by atoms with van der Waals surface area (Å²) in [7, 11) is 0. The quantitative estimate of drug-likeness (QED) is 0.790. The summed E-state index contributed by atoms with van der Waals surface area (Å²) in [5.74, 6) is 1.37. The summed E-state index contributed by atoms with van der Waals surface area (Å²) in [6.45, 7) is 7.94. The topological polar surface area (TPSA) is 54.0 Å². The normalized spacial score (nSPS) is 28.4. The Balaban J connectivity index is 1.19. The van der Waals surface area contributed by atoms with Crippen LogP contribution in [0.1, 0.15) is 30.1 Å². The molecular formula is C23H29N3O3S. The molecule has 2 aromatic rings. The highest BCUT2D eigenvalue weighted by Crippen LogP contribution is 2.34. The molecule has 0 aliphatic carbocycles. The van der Waals surface area contributed by atoms with Gasteiger partial charge in [-0.1, -0.05) is 0 Å². The molecule has 0 saturated carbocycles. The first-order chi connectivity index (χ1) is 14.7. The Morgan fingerprint density at radius 2 is 1.87 bits per heavy atom. The molecule has 1 aromatic carbocycles. The van der Waals surface area contributed by atoms with Crippen LogP contribution in [0.3, 0.4) is 0 Å². The third-order valence-electron chi connectivity index (χ3n) is 6.75. The predicted octanol–water partition coefficient (Wildman–Crippen LogP) is 3.59. The highest BCUT2D eigenvalue weighted by atomic mass is 32.1. The Morgan fingerprint density at radius 1 is 1.13 bits per heavy atom. The second-order valence-corrected chi connectivity index (χ2v) is 9.34. The number of nitrogens with one attached hydrogen (secondary N) is 1. The molecule has 6 nitrogen and oxygen atoms in total. The number of nitrogens with zero attached hydrogens (tertiary/aromatic N) is 2. The molecule has 4 saturated heterocycles. The summed E-state index contributed by atoms with van der Waals surface area (Å²) in [6, 6.07) is 10.2. The predicted molar refractivity (Wildman–Crippen MR) is 119 cm³/mol. The van der Waals surface area contributed by atoms with Gasteiger partial charge in [0.2, 0.25) is 0 Å². The van der Waals surface area contributed by atoms with Gasteiger partial charge >= 0.3 is 0 Å². The van der Waals surface area contributed by atoms with Crippen molar-refractivity contribution in [1.82, 2.24) is 10.2 Å². The van der Waals surface area contributed by atoms with E-state index in [4.69, 9.17) is 9.47 Å². The number of rotatable bonds is 5. The van der Waals surface area contributed by atoms with Crippen LogP contribution in [-0.4, -0.2) is 62.3 Å². The zero-order valence-corrected chi connectivity index (χ0v) is 18.2. The van der Waals surface area contributed by atoms with Gasteiger partial charge in [-0.2, -0.15) is 0 Å². The summed E-state index contributed by atoms with van der Waals surface area (Å²) < 4.78 is 11.4. The number of piperidine rings is 3. The van der Waals surface area contributed by atoms with Crippen molar-refractivity contribution in [2.24, 2.45) is 5.92 Å². The Kier molecular flexibility index (Phi) is 5.67. The molecule has 0 unspecified atom stereocenters. The summed E-state index contributed by atoms with van der Waals surface area (Å²) in [6.07, 6.45) is 2.38. The number of hydrogen-bond acceptors (Lipinski definition) is 6. The Bertz CT molecular complexity index is 868. The summed E-state index contributed by atoms with van der Waals surface area (Å²) in [4.78, 5) is 17.6. The van der Waals surface area contributed by atoms with Crippen molar-refractivity contribution >= 4 is 22.9 Å². The maximum absolute atomic E-state index is 12.8. The maximum Gasteiger partial charge on any atom is 0.251 e. The van der Waals surface area contributed by atoms with E-state index in [9.17, 15) is 4.79 Å². The fourth-order valence-corrected chi connectivity index (χ4v) is 5.71. The number of fused-ring (bicyclic) bond motifs is 3. The fraction of sp³-hybridized carbons (Fsp3) is 0.522. The Labute approximate surface area is 181 Å². The van der Waals surface area contributed by atoms with Crippen molar-refractivity contribution in [3.63, 3.8) is 0 Å². The number of carbonyl (C=O) groups is 1. The molecule has 2 bridgehead atoms. The number of amides is 1. The number of hydrogen-bond donors (Lipinski definition) is 1. The van der Waals surface area contributed by atoms with Gasteiger partial charge in [0.15, 0.2) is 5.06 Å². The first-order valence-electron chi connectivity index (χ1n) is 10.9. The Hall–Kier alpha value is -2.09. The van der Waals surface area contributed by atoms with Crippen LogP contribution in [0.25, 0.3) is 0 Å². The average molecular weight is 428 g/mol. The smallest absolute Gasteiger partial charge is 0.251 e. The zero-order chi connectivity index (χ0) is 20.5. The van der Waals surface area contributed by atoms with E-state index >= 15 is 0 Å². The molecule has 0 radical (unpaired) electrons. The number of thiophene rings is 1. The lowest BCUT2D eigenvalue weighted by Crippen LogP contribution is -2.62. The highest BCUT2D eigenvalue weighted by Gasteiger charge is 2.40. The van der Waals surface area contributed by atoms with Crippen LogP contribution in [0, 0.1) is 5.92 Å². The lowest BCUT2D eigenvalue weighted by molar-refractivity contribution is 0.0217. The van der Waals surface area contributed by atoms with E-state index < -0.39 is 0 Å². The number of morpholine rings is 1. The lowest BCUT2D eigenvalue weighted by Gasteiger charge is -2.49. The van der Waals surface area contributed by atoms with Crippen molar-refractivity contribution in [2.75, 3.05) is 44.3 Å². The van der Waals surface area contributed by atoms with E-state index in [0.717, 1.165) is 37.1 Å². The molecule has 5 heterocycles. The molecule has 6 rings (SSSR count). The third-order valence-corrected chi connectivity index (χ3v) is 7.54. The van der Waals surface area contributed by atoms with Crippen molar-refractivity contribution in [3.05, 3.63) is 41.3 Å². The van der Waals surface area contributed by atoms with E-state index in [-0.39, 0.29) is 11.9 Å². The van der Waals surface area contributed by atoms with Gasteiger partial charge in [0.25, 0.3) is 5.91 Å². The second-order valence-electron chi connectivity index (χ2n) is 8.46. The summed E-state index contributed by atoms with van der Waals surface area (Å²) in [5, 5.41) is 6.27. The largest absolute Gasteiger partial charge is 0.447 e. The molecule has 4 aliphatic heterocycles. The summed E-state index contributed by atoms with van der Waals surface area (Å²) >= 11 is 1.59. The second kappa shape index (κ2) is 8.57. The van der Waals surface area contributed by atoms with Crippen LogP contribution in [0.5, 0.6) is 10.8 Å². The van der Waals surface area contributed by atoms with Gasteiger partial charge in [-0.3, -0.25) is 9.69 Å². The molecule has 4 aliphatic rings. The SMILES string of the molecule is C[C@@H]1[C@H](NC(=O)c2ccc(Oc3cc(N4CCOCC4)cs3)cc2)C2CCN1CC2. The molecule has 1 N–H and O–H groups in total. The Morgan fingerprint density at radius 3 is 2.57 bits per heavy atom. The van der Waals surface area contributed by atoms with Gasteiger partial charge in [0.05, 0.1) is 18.9 Å². The number of carbonyl (C=O) groups excluding carboxylic acids is 1. The van der Waals surface area contributed by atoms with Crippen LogP contribution in [0.15, 0.2) is 35.7 Å². The molecule has 2 atom stereocenters. The van der Waals surface area contributed by atoms with Crippen molar-refractivity contribution in [2.45, 2.75) is 31.8 Å². The standard InChI is InChI=1S/C23H29N3O3S/c1-16-22(17-6-8-25(16)9-7-17)24-23(27)18-2-4-20(5-3-18)29-21-14-19(15-30-21)26-10-12-28-13-11-26/h2-5,14-17,22H,6-13H2,1H3,(H,24,27)/t16-,22+/m1/s1. The minimum Gasteiger partial charge on any atom is -0.447 e. The van der Waals surface area contributed by atoms with Crippen LogP contribution < -0.4 is 15.0 Å². The number of ether oxygens (including phenoxy) is 2. The van der Waals surface area contributed by atoms with Gasteiger partial charge < -0.3 is 19.7 Å². The molecule has 4 fully saturated rings. The van der Waals surface area contributed by atoms with Crippen LogP contribution in [0.2, 0.25) is 0 Å². The average Bonchev–Trinajstić information content (AvgIpc) is 3.26. The molecule has 30 heavy (non-hydrogen) atoms. The van der Waals surface area contributed by atoms with Gasteiger partial charge in [-0.05, 0) is 63.0 Å². The first-order valence-corrected chi connectivity index (χ1v) is 11.8. The van der Waals surface area contributed by atoms with Crippen molar-refractivity contribution in [3.8, 4) is 10.8 Å². The van der Waals surface area contributed by atoms with Gasteiger partial charge in [-0.15, -0.1) is 11.3 Å². The monoisotopic (exact) mass is 427 g/mol. The zero-order valence-electron chi connectivity index (χ0n) is 17.4. The van der Waals surface area contributed by atoms with E-state index in [1.54, 1.807) is 11.3 Å². The number of benzene rings is 1. The first kappa shape index (κ1) is 19.8. The fourth-order valence-electron chi connectivity index (χ4n) is 4.92. The van der Waals surface area contributed by atoms with E-state index in [2.05, 4.69) is 33.5 Å². The highest BCUT2D eigenvalue weighted by molar-refractivity contribution is 7.12. The minimum absolute atomic E-state index is 0.0119. The van der Waals surface area contributed by atoms with Crippen molar-refractivity contribution < 1.29 is 14.3 Å². The van der Waals surface area contributed by atoms with Gasteiger partial charge in [0, 0.05) is 42.2 Å². The van der Waals surface area contributed by atoms with Crippen LogP contribution >= 0.6 is 11.3 Å². The van der Waals surface area contributed by atoms with Gasteiger partial charge in [0.1, 0.15) is 5.75 Å². The maximum atomic E-state index is 12.8. The van der Waals surface area contributed by atoms with Crippen LogP contribution in [-0.2, 0) is 4.74 Å². The van der Waals surface area contributed by atoms with E-state index in [1.165, 1.54) is 31.6 Å². The number of anilines is 1. The summed E-state index contributed by atoms with van der Waals surface area (Å²) in [5.41, 5.74) is 1.87. The molecule has 1 amide bonds. The van der Waals surface area contributed by atoms with Crippen molar-refractivity contribution in [1.29, 1.82) is 0 Å².